The van der Waals surface area contributed by atoms with Crippen molar-refractivity contribution in [3.8, 4) is 11.3 Å². The smallest absolute Gasteiger partial charge is 0.110 e. The summed E-state index contributed by atoms with van der Waals surface area (Å²) in [6.07, 6.45) is 2.28. The van der Waals surface area contributed by atoms with Crippen LogP contribution in [0.15, 0.2) is 48.5 Å². The van der Waals surface area contributed by atoms with Gasteiger partial charge < -0.3 is 10.2 Å². The number of nitrogens with two attached hydrogens (primary N) is 1. The van der Waals surface area contributed by atoms with Crippen LogP contribution in [0.2, 0.25) is 0 Å². The van der Waals surface area contributed by atoms with Crippen molar-refractivity contribution in [2.24, 2.45) is 5.73 Å². The third-order valence-corrected chi connectivity index (χ3v) is 6.32. The molecule has 0 bridgehead atoms. The first-order chi connectivity index (χ1) is 13.1. The average molecular weight is 380 g/mol. The first-order valence-electron chi connectivity index (χ1n) is 9.54. The molecule has 2 aromatic carbocycles. The minimum Gasteiger partial charge on any atom is -0.330 e. The molecule has 0 spiro atoms. The van der Waals surface area contributed by atoms with Crippen molar-refractivity contribution >= 4 is 31.6 Å². The van der Waals surface area contributed by atoms with E-state index in [1.54, 1.807) is 0 Å². The highest BCUT2D eigenvalue weighted by molar-refractivity contribution is 7.26. The first-order valence-corrected chi connectivity index (χ1v) is 10.4. The SMILES string of the molecule is C[N+](C)(CCCCN)Cc1ccc(-c2n[nH]c3c2sc2ccccc23)cc1. The van der Waals surface area contributed by atoms with Gasteiger partial charge in [-0.15, -0.1) is 11.3 Å². The maximum atomic E-state index is 5.62. The van der Waals surface area contributed by atoms with Gasteiger partial charge in [0.15, 0.2) is 0 Å². The van der Waals surface area contributed by atoms with Gasteiger partial charge in [-0.1, -0.05) is 42.5 Å². The molecule has 4 nitrogen and oxygen atoms in total. The highest BCUT2D eigenvalue weighted by Gasteiger charge is 2.17. The molecule has 0 aliphatic carbocycles. The van der Waals surface area contributed by atoms with Crippen LogP contribution in [-0.4, -0.2) is 41.9 Å². The van der Waals surface area contributed by atoms with E-state index in [0.29, 0.717) is 0 Å². The minimum atomic E-state index is 0.782. The summed E-state index contributed by atoms with van der Waals surface area (Å²) in [6.45, 7) is 2.97. The summed E-state index contributed by atoms with van der Waals surface area (Å²) in [4.78, 5) is 0. The molecule has 27 heavy (non-hydrogen) atoms. The Kier molecular flexibility index (Phi) is 5.00. The number of aromatic amines is 1. The molecule has 0 atom stereocenters. The average Bonchev–Trinajstić information content (AvgIpc) is 3.21. The fraction of sp³-hybridized carbons (Fsp3) is 0.318. The van der Waals surface area contributed by atoms with Crippen LogP contribution in [0.3, 0.4) is 0 Å². The first kappa shape index (κ1) is 18.2. The molecule has 140 valence electrons. The van der Waals surface area contributed by atoms with Gasteiger partial charge in [-0.05, 0) is 25.5 Å². The number of hydrogen-bond acceptors (Lipinski definition) is 3. The number of H-pyrrole nitrogens is 1. The zero-order valence-electron chi connectivity index (χ0n) is 16.0. The second-order valence-electron chi connectivity index (χ2n) is 7.88. The second kappa shape index (κ2) is 7.43. The lowest BCUT2D eigenvalue weighted by molar-refractivity contribution is -0.903. The summed E-state index contributed by atoms with van der Waals surface area (Å²) in [7, 11) is 4.58. The highest BCUT2D eigenvalue weighted by Crippen LogP contribution is 2.38. The molecule has 0 radical (unpaired) electrons. The number of nitrogens with zero attached hydrogens (tertiary/aromatic N) is 2. The molecule has 5 heteroatoms. The molecule has 0 aliphatic rings. The Morgan fingerprint density at radius 1 is 1.04 bits per heavy atom. The topological polar surface area (TPSA) is 54.7 Å². The van der Waals surface area contributed by atoms with Gasteiger partial charge in [0.1, 0.15) is 12.2 Å². The summed E-state index contributed by atoms with van der Waals surface area (Å²) in [5.74, 6) is 0. The lowest BCUT2D eigenvalue weighted by Crippen LogP contribution is -2.39. The molecule has 2 aromatic heterocycles. The Bertz CT molecular complexity index is 1040. The zero-order valence-corrected chi connectivity index (χ0v) is 16.9. The Balaban J connectivity index is 1.56. The molecule has 0 unspecified atom stereocenters. The lowest BCUT2D eigenvalue weighted by atomic mass is 10.1. The largest absolute Gasteiger partial charge is 0.330 e. The summed E-state index contributed by atoms with van der Waals surface area (Å²) in [5, 5.41) is 9.09. The molecule has 0 aliphatic heterocycles. The molecule has 4 aromatic rings. The van der Waals surface area contributed by atoms with Gasteiger partial charge in [-0.25, -0.2) is 0 Å². The number of unbranched alkanes of at least 4 members (excludes halogenated alkanes) is 1. The number of hydrogen-bond donors (Lipinski definition) is 2. The van der Waals surface area contributed by atoms with Crippen LogP contribution < -0.4 is 5.73 Å². The van der Waals surface area contributed by atoms with Crippen molar-refractivity contribution in [1.82, 2.24) is 10.2 Å². The molecular formula is C22H27N4S+. The predicted octanol–water partition coefficient (Wildman–Crippen LogP) is 4.76. The van der Waals surface area contributed by atoms with Crippen LogP contribution in [0.4, 0.5) is 0 Å². The molecular weight excluding hydrogens is 352 g/mol. The van der Waals surface area contributed by atoms with E-state index in [1.165, 1.54) is 32.3 Å². The maximum absolute atomic E-state index is 5.62. The molecule has 4 rings (SSSR count). The van der Waals surface area contributed by atoms with Crippen LogP contribution in [0.5, 0.6) is 0 Å². The van der Waals surface area contributed by atoms with Crippen LogP contribution in [0.1, 0.15) is 18.4 Å². The normalized spacial score (nSPS) is 12.3. The van der Waals surface area contributed by atoms with Crippen molar-refractivity contribution in [3.63, 3.8) is 0 Å². The van der Waals surface area contributed by atoms with E-state index in [9.17, 15) is 0 Å². The molecule has 0 saturated carbocycles. The van der Waals surface area contributed by atoms with Crippen molar-refractivity contribution in [1.29, 1.82) is 0 Å². The number of aromatic nitrogens is 2. The number of fused-ring (bicyclic) bond motifs is 3. The van der Waals surface area contributed by atoms with Crippen molar-refractivity contribution in [2.45, 2.75) is 19.4 Å². The molecule has 0 fully saturated rings. The van der Waals surface area contributed by atoms with Gasteiger partial charge in [-0.2, -0.15) is 5.10 Å². The number of thiophene rings is 1. The van der Waals surface area contributed by atoms with E-state index < -0.39 is 0 Å². The standard InChI is InChI=1S/C22H27N4S/c1-26(2,14-6-5-13-23)15-16-9-11-17(12-10-16)20-22-21(25-24-20)18-7-3-4-8-19(18)27-22/h3-4,7-12H,5-6,13-15,23H2,1-2H3,(H,24,25)/q+1. The highest BCUT2D eigenvalue weighted by atomic mass is 32.1. The van der Waals surface area contributed by atoms with E-state index >= 15 is 0 Å². The lowest BCUT2D eigenvalue weighted by Gasteiger charge is -2.30. The Morgan fingerprint density at radius 3 is 2.59 bits per heavy atom. The third kappa shape index (κ3) is 3.76. The molecule has 0 saturated heterocycles. The van der Waals surface area contributed by atoms with E-state index in [4.69, 9.17) is 5.73 Å². The van der Waals surface area contributed by atoms with E-state index in [1.807, 2.05) is 11.3 Å². The molecule has 3 N–H and O–H groups in total. The van der Waals surface area contributed by atoms with Crippen molar-refractivity contribution in [2.75, 3.05) is 27.2 Å². The molecule has 2 heterocycles. The van der Waals surface area contributed by atoms with E-state index in [0.717, 1.165) is 41.7 Å². The fourth-order valence-electron chi connectivity index (χ4n) is 3.71. The summed E-state index contributed by atoms with van der Waals surface area (Å²) in [5.41, 5.74) is 10.4. The number of quaternary nitrogens is 1. The van der Waals surface area contributed by atoms with Crippen molar-refractivity contribution < 1.29 is 4.48 Å². The van der Waals surface area contributed by atoms with Gasteiger partial charge in [-0.3, -0.25) is 5.10 Å². The monoisotopic (exact) mass is 379 g/mol. The van der Waals surface area contributed by atoms with E-state index in [-0.39, 0.29) is 0 Å². The van der Waals surface area contributed by atoms with Crippen molar-refractivity contribution in [3.05, 3.63) is 54.1 Å². The number of nitrogens with one attached hydrogen (secondary N) is 1. The quantitative estimate of drug-likeness (QED) is 0.359. The fourth-order valence-corrected chi connectivity index (χ4v) is 4.87. The molecule has 0 amide bonds. The van der Waals surface area contributed by atoms with Gasteiger partial charge in [0, 0.05) is 21.2 Å². The van der Waals surface area contributed by atoms with Gasteiger partial charge in [0.25, 0.3) is 0 Å². The Labute approximate surface area is 164 Å². The summed E-state index contributed by atoms with van der Waals surface area (Å²) < 4.78 is 3.53. The summed E-state index contributed by atoms with van der Waals surface area (Å²) >= 11 is 1.81. The third-order valence-electron chi connectivity index (χ3n) is 5.15. The van der Waals surface area contributed by atoms with E-state index in [2.05, 4.69) is 72.8 Å². The van der Waals surface area contributed by atoms with Crippen LogP contribution >= 0.6 is 11.3 Å². The minimum absolute atomic E-state index is 0.782. The second-order valence-corrected chi connectivity index (χ2v) is 8.94. The number of benzene rings is 2. The maximum Gasteiger partial charge on any atom is 0.110 e. The van der Waals surface area contributed by atoms with Crippen LogP contribution in [0, 0.1) is 0 Å². The van der Waals surface area contributed by atoms with Crippen LogP contribution in [-0.2, 0) is 6.54 Å². The van der Waals surface area contributed by atoms with Gasteiger partial charge in [0.2, 0.25) is 0 Å². The zero-order chi connectivity index (χ0) is 18.9. The summed E-state index contributed by atoms with van der Waals surface area (Å²) in [6, 6.07) is 17.4. The predicted molar refractivity (Wildman–Crippen MR) is 116 cm³/mol. The Morgan fingerprint density at radius 2 is 1.81 bits per heavy atom. The van der Waals surface area contributed by atoms with Gasteiger partial charge in [0.05, 0.1) is 30.9 Å². The number of rotatable bonds is 7. The Hall–Kier alpha value is -2.21. The van der Waals surface area contributed by atoms with Crippen LogP contribution in [0.25, 0.3) is 31.6 Å². The van der Waals surface area contributed by atoms with Gasteiger partial charge >= 0.3 is 0 Å².